The number of fused-ring (bicyclic) bond motifs is 12. The van der Waals surface area contributed by atoms with Gasteiger partial charge < -0.3 is 0 Å². The van der Waals surface area contributed by atoms with Crippen LogP contribution >= 0.6 is 0 Å². The van der Waals surface area contributed by atoms with Gasteiger partial charge in [-0.15, -0.1) is 0 Å². The predicted octanol–water partition coefficient (Wildman–Crippen LogP) is 45.1. The molecule has 20 rings (SSSR count). The SMILES string of the molecule is CCCCCCCCCCCCc1ccc(-c2ccc3cc4cc5ccccc5cc4cc3c2)cc1.CCCCCCCCCCCCc1ccc(-c2ccc3cc4cc5ccccc5cc4cc3c2)cc1.CCCCCCCCCCCCc1ccc2cc3cc4cc(-c5ccccc5)ccc4cc3cc2c1.CCCCCCCCCCCCc1ccc2cc3cc4cc(-c5ccccc5)ccc4cc3cc2c1. The van der Waals surface area contributed by atoms with E-state index in [1.165, 1.54) is 479 Å². The van der Waals surface area contributed by atoms with Crippen LogP contribution in [0.3, 0.4) is 0 Å². The van der Waals surface area contributed by atoms with Crippen molar-refractivity contribution in [2.24, 2.45) is 0 Å². The molecule has 736 valence electrons. The molecule has 0 saturated heterocycles. The Morgan fingerprint density at radius 2 is 0.243 bits per heavy atom. The van der Waals surface area contributed by atoms with Gasteiger partial charge in [0.2, 0.25) is 0 Å². The van der Waals surface area contributed by atoms with E-state index in [1.54, 1.807) is 0 Å². The first-order chi connectivity index (χ1) is 71.2. The second-order valence-corrected chi connectivity index (χ2v) is 42.4. The average molecular weight is 1890 g/mol. The van der Waals surface area contributed by atoms with E-state index in [0.717, 1.165) is 0 Å². The highest BCUT2D eigenvalue weighted by atomic mass is 14.2. The van der Waals surface area contributed by atoms with Crippen molar-refractivity contribution in [3.63, 3.8) is 0 Å². The van der Waals surface area contributed by atoms with Crippen molar-refractivity contribution in [2.45, 2.75) is 310 Å². The van der Waals surface area contributed by atoms with Crippen LogP contribution in [0.5, 0.6) is 0 Å². The van der Waals surface area contributed by atoms with Crippen LogP contribution in [-0.2, 0) is 25.7 Å². The van der Waals surface area contributed by atoms with Gasteiger partial charge in [-0.25, -0.2) is 0 Å². The Hall–Kier alpha value is -12.5. The van der Waals surface area contributed by atoms with Crippen LogP contribution in [0.2, 0.25) is 0 Å². The minimum absolute atomic E-state index is 1.20. The molecule has 0 saturated carbocycles. The second kappa shape index (κ2) is 55.0. The average Bonchev–Trinajstić information content (AvgIpc) is 0.775. The van der Waals surface area contributed by atoms with E-state index in [1.807, 2.05) is 0 Å². The lowest BCUT2D eigenvalue weighted by Crippen LogP contribution is -1.88. The highest BCUT2D eigenvalue weighted by molar-refractivity contribution is 6.10. The molecule has 144 heavy (non-hydrogen) atoms. The van der Waals surface area contributed by atoms with Crippen molar-refractivity contribution in [1.82, 2.24) is 0 Å². The lowest BCUT2D eigenvalue weighted by molar-refractivity contribution is 0.556. The number of benzene rings is 20. The number of aryl methyl sites for hydroxylation is 4. The molecule has 0 heterocycles. The Kier molecular flexibility index (Phi) is 39.3. The van der Waals surface area contributed by atoms with E-state index in [2.05, 4.69) is 392 Å². The van der Waals surface area contributed by atoms with E-state index in [0.29, 0.717) is 0 Å². The lowest BCUT2D eigenvalue weighted by Gasteiger charge is -2.09. The summed E-state index contributed by atoms with van der Waals surface area (Å²) in [5, 5.41) is 31.6. The largest absolute Gasteiger partial charge is 0.0654 e. The molecule has 0 aromatic heterocycles. The third-order valence-corrected chi connectivity index (χ3v) is 31.0. The van der Waals surface area contributed by atoms with E-state index >= 15 is 0 Å². The summed E-state index contributed by atoms with van der Waals surface area (Å²) in [5.41, 5.74) is 16.2. The van der Waals surface area contributed by atoms with Gasteiger partial charge in [-0.05, 0) is 369 Å². The molecule has 0 nitrogen and oxygen atoms in total. The standard InChI is InChI=1S/4C36H40/c2*1-2-3-4-5-6-7-8-9-10-12-15-28-18-19-31-24-36-27-34-23-30(29-16-13-11-14-17-29)20-21-32(34)25-35(36)26-33(31)22-28;2*1-2-3-4-5-6-7-8-9-10-11-14-28-17-19-29(20-18-28)32-21-22-33-26-35-23-30-15-12-13-16-31(30)24-36(35)27-34(33)25-32/h2*11,13-14,16-27H,2-10,12,15H2,1H3;2*12-13,15-27H,2-11,14H2,1H3. The molecular weight excluding hydrogens is 1730 g/mol. The smallest absolute Gasteiger partial charge is 0.0171 e. The first kappa shape index (κ1) is 103. The number of hydrogen-bond donors (Lipinski definition) is 0. The maximum Gasteiger partial charge on any atom is -0.0171 e. The fraction of sp³-hybridized carbons (Fsp3) is 0.333. The van der Waals surface area contributed by atoms with Gasteiger partial charge in [0, 0.05) is 0 Å². The van der Waals surface area contributed by atoms with Crippen molar-refractivity contribution in [2.75, 3.05) is 0 Å². The normalized spacial score (nSPS) is 11.6. The van der Waals surface area contributed by atoms with Gasteiger partial charge in [-0.2, -0.15) is 0 Å². The Labute approximate surface area is 864 Å². The molecule has 0 aliphatic carbocycles. The van der Waals surface area contributed by atoms with Gasteiger partial charge in [0.25, 0.3) is 0 Å². The van der Waals surface area contributed by atoms with Gasteiger partial charge >= 0.3 is 0 Å². The van der Waals surface area contributed by atoms with Crippen LogP contribution in [0.25, 0.3) is 174 Å². The molecule has 0 unspecified atom stereocenters. The first-order valence-corrected chi connectivity index (χ1v) is 57.0. The topological polar surface area (TPSA) is 0 Å². The van der Waals surface area contributed by atoms with Crippen LogP contribution in [0.15, 0.2) is 364 Å². The van der Waals surface area contributed by atoms with Crippen molar-refractivity contribution in [1.29, 1.82) is 0 Å². The second-order valence-electron chi connectivity index (χ2n) is 42.4. The van der Waals surface area contributed by atoms with Crippen molar-refractivity contribution in [3.05, 3.63) is 386 Å². The zero-order valence-electron chi connectivity index (χ0n) is 87.8. The minimum atomic E-state index is 1.20. The monoisotopic (exact) mass is 1890 g/mol. The molecular formula is C144H160. The zero-order chi connectivity index (χ0) is 98.3. The summed E-state index contributed by atoms with van der Waals surface area (Å²) in [6.07, 6.45) is 60.7. The Balaban J connectivity index is 0.000000132. The van der Waals surface area contributed by atoms with Crippen LogP contribution in [0.4, 0.5) is 0 Å². The Bertz CT molecular complexity index is 6970. The van der Waals surface area contributed by atoms with Gasteiger partial charge in [0.1, 0.15) is 0 Å². The summed E-state index contributed by atoms with van der Waals surface area (Å²) in [5.74, 6) is 0. The van der Waals surface area contributed by atoms with Crippen LogP contribution in [-0.4, -0.2) is 0 Å². The van der Waals surface area contributed by atoms with Gasteiger partial charge in [0.05, 0.1) is 0 Å². The molecule has 0 heteroatoms. The molecule has 0 aliphatic rings. The molecule has 0 atom stereocenters. The molecule has 0 fully saturated rings. The maximum absolute atomic E-state index is 2.42. The summed E-state index contributed by atoms with van der Waals surface area (Å²) in [4.78, 5) is 0. The van der Waals surface area contributed by atoms with Gasteiger partial charge in [-0.1, -0.05) is 501 Å². The summed E-state index contributed by atoms with van der Waals surface area (Å²) in [6, 6.07) is 136. The molecule has 0 amide bonds. The van der Waals surface area contributed by atoms with Crippen LogP contribution in [0.1, 0.15) is 307 Å². The lowest BCUT2D eigenvalue weighted by atomic mass is 9.95. The molecule has 0 aliphatic heterocycles. The first-order valence-electron chi connectivity index (χ1n) is 57.0. The van der Waals surface area contributed by atoms with Gasteiger partial charge in [-0.3, -0.25) is 0 Å². The van der Waals surface area contributed by atoms with E-state index in [-0.39, 0.29) is 0 Å². The fourth-order valence-electron chi connectivity index (χ4n) is 22.3. The highest BCUT2D eigenvalue weighted by Gasteiger charge is 2.14. The fourth-order valence-corrected chi connectivity index (χ4v) is 22.3. The van der Waals surface area contributed by atoms with Crippen LogP contribution < -0.4 is 0 Å². The molecule has 20 aromatic carbocycles. The molecule has 0 N–H and O–H groups in total. The molecule has 0 bridgehead atoms. The molecule has 0 spiro atoms. The van der Waals surface area contributed by atoms with Crippen molar-refractivity contribution >= 4 is 129 Å². The third-order valence-electron chi connectivity index (χ3n) is 31.0. The minimum Gasteiger partial charge on any atom is -0.0654 e. The highest BCUT2D eigenvalue weighted by Crippen LogP contribution is 2.39. The predicted molar refractivity (Wildman–Crippen MR) is 640 cm³/mol. The summed E-state index contributed by atoms with van der Waals surface area (Å²) < 4.78 is 0. The number of unbranched alkanes of at least 4 members (excludes halogenated alkanes) is 36. The van der Waals surface area contributed by atoms with Crippen LogP contribution in [0, 0.1) is 0 Å². The van der Waals surface area contributed by atoms with Crippen molar-refractivity contribution < 1.29 is 0 Å². The Morgan fingerprint density at radius 1 is 0.0972 bits per heavy atom. The molecule has 0 radical (unpaired) electrons. The van der Waals surface area contributed by atoms with Crippen molar-refractivity contribution in [3.8, 4) is 44.5 Å². The quantitative estimate of drug-likeness (QED) is 0.0263. The summed E-state index contributed by atoms with van der Waals surface area (Å²) in [6.45, 7) is 9.17. The molecule has 20 aromatic rings. The number of rotatable bonds is 48. The zero-order valence-corrected chi connectivity index (χ0v) is 87.8. The van der Waals surface area contributed by atoms with E-state index in [4.69, 9.17) is 0 Å². The van der Waals surface area contributed by atoms with E-state index < -0.39 is 0 Å². The van der Waals surface area contributed by atoms with E-state index in [9.17, 15) is 0 Å². The Morgan fingerprint density at radius 3 is 0.465 bits per heavy atom. The number of hydrogen-bond acceptors (Lipinski definition) is 0. The third kappa shape index (κ3) is 29.9. The maximum atomic E-state index is 2.42. The van der Waals surface area contributed by atoms with Gasteiger partial charge in [0.15, 0.2) is 0 Å². The summed E-state index contributed by atoms with van der Waals surface area (Å²) in [7, 11) is 0. The summed E-state index contributed by atoms with van der Waals surface area (Å²) >= 11 is 0.